The van der Waals surface area contributed by atoms with Gasteiger partial charge in [0, 0.05) is 50.6 Å². The van der Waals surface area contributed by atoms with Gasteiger partial charge in [-0.2, -0.15) is 0 Å². The minimum absolute atomic E-state index is 0.0234. The van der Waals surface area contributed by atoms with Gasteiger partial charge in [0.2, 0.25) is 5.79 Å². The number of carbonyl (C=O) groups excluding carboxylic acids is 3. The quantitative estimate of drug-likeness (QED) is 0.0500. The summed E-state index contributed by atoms with van der Waals surface area (Å²) in [7, 11) is 1.22. The third-order valence-electron chi connectivity index (χ3n) is 11.7. The lowest BCUT2D eigenvalue weighted by molar-refractivity contribution is -0.327. The van der Waals surface area contributed by atoms with Crippen molar-refractivity contribution in [3.8, 4) is 0 Å². The van der Waals surface area contributed by atoms with Crippen LogP contribution in [-0.2, 0) is 63.4 Å². The third kappa shape index (κ3) is 17.2. The largest absolute Gasteiger partial charge is 0.466 e. The van der Waals surface area contributed by atoms with E-state index in [4.69, 9.17) is 42.6 Å². The highest BCUT2D eigenvalue weighted by Gasteiger charge is 2.57. The van der Waals surface area contributed by atoms with Crippen molar-refractivity contribution >= 4 is 17.9 Å². The van der Waals surface area contributed by atoms with Gasteiger partial charge < -0.3 is 58.0 Å². The van der Waals surface area contributed by atoms with Gasteiger partial charge in [-0.1, -0.05) is 76.8 Å². The van der Waals surface area contributed by atoms with Crippen LogP contribution in [0, 0.1) is 5.41 Å². The smallest absolute Gasteiger partial charge is 0.330 e. The summed E-state index contributed by atoms with van der Waals surface area (Å²) in [6, 6.07) is 8.22. The number of ether oxygens (including phenoxy) is 9. The minimum atomic E-state index is -2.29. The molecule has 3 aliphatic heterocycles. The first-order valence-electron chi connectivity index (χ1n) is 23.0. The van der Waals surface area contributed by atoms with E-state index in [1.54, 1.807) is 26.0 Å². The topological polar surface area (TPSA) is 195 Å². The van der Waals surface area contributed by atoms with Gasteiger partial charge in [-0.05, 0) is 68.2 Å². The molecular weight excluding hydrogens is 817 g/mol. The number of fused-ring (bicyclic) bond motifs is 4. The summed E-state index contributed by atoms with van der Waals surface area (Å²) in [5, 5.41) is 34.1. The molecule has 63 heavy (non-hydrogen) atoms. The van der Waals surface area contributed by atoms with Crippen LogP contribution in [0.5, 0.6) is 0 Å². The number of cyclic esters (lactones) is 1. The molecule has 4 rings (SSSR count). The SMILES string of the molecule is CCCCCCCC(=O)O[C@H]1/C(=C/C(=O)OC)C[C@H]2CC(CO)OC(=O)C[C@H](O)CCO[C@H](c3ccc(CCCOCCOCC)cc3)C[C@@H]3CCO[C@H](/C=C/C(C)(C)[C@]1(O)O2)O3. The monoisotopic (exact) mass is 891 g/mol. The van der Waals surface area contributed by atoms with Gasteiger partial charge in [0.1, 0.15) is 6.10 Å². The molecule has 2 fully saturated rings. The summed E-state index contributed by atoms with van der Waals surface area (Å²) in [6.07, 6.45) is 5.50. The fourth-order valence-corrected chi connectivity index (χ4v) is 8.00. The highest BCUT2D eigenvalue weighted by molar-refractivity contribution is 5.83. The molecule has 8 atom stereocenters. The zero-order valence-corrected chi connectivity index (χ0v) is 38.2. The Balaban J connectivity index is 1.62. The predicted molar refractivity (Wildman–Crippen MR) is 232 cm³/mol. The maximum Gasteiger partial charge on any atom is 0.330 e. The molecule has 356 valence electrons. The maximum absolute atomic E-state index is 13.4. The second-order valence-electron chi connectivity index (χ2n) is 17.2. The molecule has 2 saturated heterocycles. The van der Waals surface area contributed by atoms with E-state index in [9.17, 15) is 29.7 Å². The number of methoxy groups -OCH3 is 1. The number of aliphatic hydroxyl groups is 3. The van der Waals surface area contributed by atoms with Crippen LogP contribution >= 0.6 is 0 Å². The number of unbranched alkanes of at least 4 members (excludes halogenated alkanes) is 4. The molecule has 1 unspecified atom stereocenters. The average Bonchev–Trinajstić information content (AvgIpc) is 3.26. The molecule has 4 bridgehead atoms. The van der Waals surface area contributed by atoms with Crippen molar-refractivity contribution in [2.75, 3.05) is 53.4 Å². The van der Waals surface area contributed by atoms with Crippen molar-refractivity contribution in [2.45, 2.75) is 166 Å². The van der Waals surface area contributed by atoms with Gasteiger partial charge in [0.15, 0.2) is 12.4 Å². The Bertz CT molecular complexity index is 1580. The second kappa shape index (κ2) is 27.3. The van der Waals surface area contributed by atoms with Crippen LogP contribution in [0.1, 0.15) is 128 Å². The molecule has 3 heterocycles. The van der Waals surface area contributed by atoms with Crippen molar-refractivity contribution in [3.63, 3.8) is 0 Å². The Morgan fingerprint density at radius 2 is 1.65 bits per heavy atom. The number of carbonyl (C=O) groups is 3. The van der Waals surface area contributed by atoms with E-state index >= 15 is 0 Å². The van der Waals surface area contributed by atoms with Crippen molar-refractivity contribution in [1.82, 2.24) is 0 Å². The van der Waals surface area contributed by atoms with Gasteiger partial charge in [-0.15, -0.1) is 0 Å². The number of esters is 3. The average molecular weight is 891 g/mol. The fraction of sp³-hybridized carbons (Fsp3) is 0.729. The summed E-state index contributed by atoms with van der Waals surface area (Å²) in [5.74, 6) is -4.33. The van der Waals surface area contributed by atoms with Gasteiger partial charge in [-0.3, -0.25) is 9.59 Å². The van der Waals surface area contributed by atoms with Crippen LogP contribution in [0.3, 0.4) is 0 Å². The van der Waals surface area contributed by atoms with E-state index in [2.05, 4.69) is 19.1 Å². The normalized spacial score (nSPS) is 29.6. The highest BCUT2D eigenvalue weighted by atomic mass is 16.7. The Labute approximate surface area is 373 Å². The van der Waals surface area contributed by atoms with Gasteiger partial charge in [0.25, 0.3) is 0 Å². The first-order chi connectivity index (χ1) is 30.3. The standard InChI is InChI=1S/C48H74O15/c1-6-8-9-10-11-14-42(51)62-46-36(29-43(52)55-5)28-39-31-40(33-49)60-44(53)30-37(50)20-24-58-41(35-17-15-34(16-18-35)13-12-23-57-27-26-56-7-2)32-38-21-25-59-45(61-38)19-22-47(3,4)48(46,54)63-39/h15-19,22,29,37-41,45-46,49-50,54H,6-14,20-21,23-28,30-33H2,1-5H3/b22-19+,36-29+/t37-,38+,39+,40?,41+,45+,46+,48-/m1/s1. The van der Waals surface area contributed by atoms with E-state index in [1.165, 1.54) is 13.2 Å². The Hall–Kier alpha value is -3.25. The lowest BCUT2D eigenvalue weighted by Crippen LogP contribution is -2.62. The summed E-state index contributed by atoms with van der Waals surface area (Å²) < 4.78 is 53.0. The molecular formula is C48H74O15. The van der Waals surface area contributed by atoms with Crippen molar-refractivity contribution < 1.29 is 72.3 Å². The van der Waals surface area contributed by atoms with Gasteiger partial charge in [-0.25, -0.2) is 4.79 Å². The third-order valence-corrected chi connectivity index (χ3v) is 11.7. The molecule has 0 saturated carbocycles. The Morgan fingerprint density at radius 1 is 0.905 bits per heavy atom. The van der Waals surface area contributed by atoms with E-state index in [-0.39, 0.29) is 50.4 Å². The summed E-state index contributed by atoms with van der Waals surface area (Å²) >= 11 is 0. The van der Waals surface area contributed by atoms with Crippen LogP contribution in [0.15, 0.2) is 48.1 Å². The van der Waals surface area contributed by atoms with E-state index < -0.39 is 72.5 Å². The summed E-state index contributed by atoms with van der Waals surface area (Å²) in [5.41, 5.74) is 0.979. The molecule has 1 aromatic rings. The minimum Gasteiger partial charge on any atom is -0.466 e. The van der Waals surface area contributed by atoms with E-state index in [1.807, 2.05) is 19.1 Å². The van der Waals surface area contributed by atoms with Crippen molar-refractivity contribution in [1.29, 1.82) is 0 Å². The zero-order valence-electron chi connectivity index (χ0n) is 38.2. The number of benzene rings is 1. The highest BCUT2D eigenvalue weighted by Crippen LogP contribution is 2.47. The molecule has 0 amide bonds. The first-order valence-corrected chi connectivity index (χ1v) is 23.0. The lowest BCUT2D eigenvalue weighted by Gasteiger charge is -2.51. The van der Waals surface area contributed by atoms with E-state index in [0.717, 1.165) is 49.7 Å². The zero-order chi connectivity index (χ0) is 45.7. The summed E-state index contributed by atoms with van der Waals surface area (Å²) in [6.45, 7) is 9.87. The molecule has 0 spiro atoms. The Morgan fingerprint density at radius 3 is 2.38 bits per heavy atom. The molecule has 15 heteroatoms. The van der Waals surface area contributed by atoms with Gasteiger partial charge in [0.05, 0.1) is 64.4 Å². The summed E-state index contributed by atoms with van der Waals surface area (Å²) in [4.78, 5) is 39.3. The predicted octanol–water partition coefficient (Wildman–Crippen LogP) is 6.13. The molecule has 15 nitrogen and oxygen atoms in total. The maximum atomic E-state index is 13.4. The second-order valence-corrected chi connectivity index (χ2v) is 17.2. The molecule has 0 aliphatic carbocycles. The number of aryl methyl sites for hydroxylation is 1. The molecule has 3 aliphatic rings. The fourth-order valence-electron chi connectivity index (χ4n) is 8.00. The van der Waals surface area contributed by atoms with Crippen LogP contribution in [0.2, 0.25) is 0 Å². The number of hydrogen-bond acceptors (Lipinski definition) is 15. The van der Waals surface area contributed by atoms with Gasteiger partial charge >= 0.3 is 17.9 Å². The van der Waals surface area contributed by atoms with Crippen LogP contribution in [-0.4, -0.2) is 129 Å². The van der Waals surface area contributed by atoms with Crippen LogP contribution in [0.25, 0.3) is 0 Å². The lowest BCUT2D eigenvalue weighted by atomic mass is 9.74. The molecule has 1 aromatic carbocycles. The number of hydrogen-bond donors (Lipinski definition) is 3. The number of rotatable bonds is 18. The van der Waals surface area contributed by atoms with Crippen molar-refractivity contribution in [2.24, 2.45) is 5.41 Å². The molecule has 0 radical (unpaired) electrons. The Kier molecular flexibility index (Phi) is 22.7. The number of aliphatic hydroxyl groups excluding tert-OH is 2. The first kappa shape index (κ1) is 52.4. The van der Waals surface area contributed by atoms with E-state index in [0.29, 0.717) is 52.3 Å². The molecule has 3 N–H and O–H groups in total. The van der Waals surface area contributed by atoms with Crippen LogP contribution in [0.4, 0.5) is 0 Å². The molecule has 0 aromatic heterocycles. The van der Waals surface area contributed by atoms with Crippen molar-refractivity contribution in [3.05, 3.63) is 59.2 Å². The van der Waals surface area contributed by atoms with Crippen LogP contribution < -0.4 is 0 Å².